The van der Waals surface area contributed by atoms with Crippen LogP contribution in [0.25, 0.3) is 22.3 Å². The Labute approximate surface area is 210 Å². The molecular formula is C28H33N3O5. The minimum atomic E-state index is -0.673. The third-order valence-electron chi connectivity index (χ3n) is 6.29. The quantitative estimate of drug-likeness (QED) is 0.504. The molecule has 1 fully saturated rings. The van der Waals surface area contributed by atoms with Crippen molar-refractivity contribution in [2.45, 2.75) is 59.0 Å². The molecule has 1 atom stereocenters. The number of aryl methyl sites for hydroxylation is 1. The summed E-state index contributed by atoms with van der Waals surface area (Å²) in [5.41, 5.74) is 2.88. The molecule has 1 aliphatic rings. The van der Waals surface area contributed by atoms with Crippen LogP contribution in [0.5, 0.6) is 0 Å². The Morgan fingerprint density at radius 2 is 1.94 bits per heavy atom. The topological polar surface area (TPSA) is 102 Å². The van der Waals surface area contributed by atoms with Crippen LogP contribution in [0.3, 0.4) is 0 Å². The predicted molar refractivity (Wildman–Crippen MR) is 138 cm³/mol. The zero-order valence-electron chi connectivity index (χ0n) is 21.5. The van der Waals surface area contributed by atoms with E-state index in [1.807, 2.05) is 58.0 Å². The molecule has 0 saturated carbocycles. The predicted octanol–water partition coefficient (Wildman–Crippen LogP) is 5.19. The van der Waals surface area contributed by atoms with Crippen molar-refractivity contribution < 1.29 is 19.1 Å². The minimum absolute atomic E-state index is 0.0273. The maximum Gasteiger partial charge on any atom is 0.410 e. The standard InChI is InChI=1S/C28H33N3O5/c1-6-35-26(33)22-14-21-20(18-11-9-13-31(16-18)27(34)36-28(3,4)5)15-23(29-24(21)30-25(22)32)19-12-8-7-10-17(19)2/h7-8,10,12,14-15,18H,6,9,11,13,16H2,1-5H3,(H,29,30,32). The fraction of sp³-hybridized carbons (Fsp3) is 0.429. The second kappa shape index (κ2) is 10.1. The number of carbonyl (C=O) groups is 2. The van der Waals surface area contributed by atoms with Crippen molar-refractivity contribution in [3.8, 4) is 11.3 Å². The molecule has 1 aromatic carbocycles. The summed E-state index contributed by atoms with van der Waals surface area (Å²) in [5, 5.41) is 0.672. The van der Waals surface area contributed by atoms with Gasteiger partial charge in [0.1, 0.15) is 16.8 Å². The van der Waals surface area contributed by atoms with E-state index in [9.17, 15) is 14.4 Å². The number of aromatic nitrogens is 2. The first kappa shape index (κ1) is 25.4. The molecule has 1 unspecified atom stereocenters. The Morgan fingerprint density at radius 3 is 2.64 bits per heavy atom. The molecule has 8 heteroatoms. The summed E-state index contributed by atoms with van der Waals surface area (Å²) in [6.07, 6.45) is 1.31. The van der Waals surface area contributed by atoms with Crippen molar-refractivity contribution in [2.24, 2.45) is 0 Å². The number of fused-ring (bicyclic) bond motifs is 1. The van der Waals surface area contributed by atoms with Crippen LogP contribution in [-0.2, 0) is 9.47 Å². The van der Waals surface area contributed by atoms with Gasteiger partial charge in [-0.2, -0.15) is 0 Å². The van der Waals surface area contributed by atoms with Gasteiger partial charge in [0.25, 0.3) is 5.56 Å². The van der Waals surface area contributed by atoms with Crippen LogP contribution in [-0.4, -0.2) is 52.2 Å². The molecule has 4 rings (SSSR count). The maximum atomic E-state index is 12.8. The van der Waals surface area contributed by atoms with Gasteiger partial charge in [0, 0.05) is 30.0 Å². The van der Waals surface area contributed by atoms with Crippen LogP contribution in [0.4, 0.5) is 4.79 Å². The lowest BCUT2D eigenvalue weighted by atomic mass is 9.87. The highest BCUT2D eigenvalue weighted by Gasteiger charge is 2.30. The van der Waals surface area contributed by atoms with Gasteiger partial charge in [0.05, 0.1) is 12.3 Å². The zero-order valence-corrected chi connectivity index (χ0v) is 21.5. The number of carbonyl (C=O) groups excluding carboxylic acids is 2. The number of ether oxygens (including phenoxy) is 2. The van der Waals surface area contributed by atoms with Crippen LogP contribution < -0.4 is 5.56 Å². The Morgan fingerprint density at radius 1 is 1.19 bits per heavy atom. The van der Waals surface area contributed by atoms with Gasteiger partial charge >= 0.3 is 12.1 Å². The van der Waals surface area contributed by atoms with E-state index in [0.29, 0.717) is 24.1 Å². The van der Waals surface area contributed by atoms with Gasteiger partial charge in [-0.25, -0.2) is 14.6 Å². The maximum absolute atomic E-state index is 12.8. The van der Waals surface area contributed by atoms with E-state index in [4.69, 9.17) is 14.5 Å². The third-order valence-corrected chi connectivity index (χ3v) is 6.29. The average molecular weight is 492 g/mol. The van der Waals surface area contributed by atoms with E-state index in [1.54, 1.807) is 17.9 Å². The van der Waals surface area contributed by atoms with Gasteiger partial charge in [0.2, 0.25) is 0 Å². The molecule has 0 bridgehead atoms. The summed E-state index contributed by atoms with van der Waals surface area (Å²) in [6, 6.07) is 11.5. The number of pyridine rings is 2. The third kappa shape index (κ3) is 5.42. The number of piperidine rings is 1. The highest BCUT2D eigenvalue weighted by molar-refractivity contribution is 5.94. The van der Waals surface area contributed by atoms with Gasteiger partial charge < -0.3 is 19.4 Å². The van der Waals surface area contributed by atoms with Gasteiger partial charge in [0.15, 0.2) is 0 Å². The first-order chi connectivity index (χ1) is 17.1. The van der Waals surface area contributed by atoms with Crippen LogP contribution in [0.1, 0.15) is 67.9 Å². The second-order valence-corrected chi connectivity index (χ2v) is 10.2. The van der Waals surface area contributed by atoms with Crippen molar-refractivity contribution >= 4 is 23.1 Å². The molecule has 0 aliphatic carbocycles. The second-order valence-electron chi connectivity index (χ2n) is 10.2. The van der Waals surface area contributed by atoms with Crippen molar-refractivity contribution in [3.05, 3.63) is 63.4 Å². The van der Waals surface area contributed by atoms with Crippen molar-refractivity contribution in [3.63, 3.8) is 0 Å². The Balaban J connectivity index is 1.84. The molecule has 1 N–H and O–H groups in total. The molecule has 1 aliphatic heterocycles. The SMILES string of the molecule is CCOC(=O)c1cc2c(C3CCCN(C(=O)OC(C)(C)C)C3)cc(-c3ccccc3C)nc2[nH]c1=O. The highest BCUT2D eigenvalue weighted by atomic mass is 16.6. The number of nitrogens with zero attached hydrogens (tertiary/aromatic N) is 2. The summed E-state index contributed by atoms with van der Waals surface area (Å²) >= 11 is 0. The fourth-order valence-electron chi connectivity index (χ4n) is 4.63. The molecule has 0 spiro atoms. The van der Waals surface area contributed by atoms with E-state index < -0.39 is 17.1 Å². The molecule has 36 heavy (non-hydrogen) atoms. The van der Waals surface area contributed by atoms with Gasteiger partial charge in [-0.15, -0.1) is 0 Å². The number of H-pyrrole nitrogens is 1. The summed E-state index contributed by atoms with van der Waals surface area (Å²) in [6.45, 7) is 10.5. The highest BCUT2D eigenvalue weighted by Crippen LogP contribution is 2.35. The Kier molecular flexibility index (Phi) is 7.15. The number of rotatable bonds is 4. The Bertz CT molecular complexity index is 1360. The van der Waals surface area contributed by atoms with Crippen LogP contribution in [0.15, 0.2) is 41.2 Å². The molecule has 1 saturated heterocycles. The van der Waals surface area contributed by atoms with Gasteiger partial charge in [-0.05, 0) is 70.7 Å². The summed E-state index contributed by atoms with van der Waals surface area (Å²) in [7, 11) is 0. The smallest absolute Gasteiger partial charge is 0.410 e. The molecule has 0 radical (unpaired) electrons. The lowest BCUT2D eigenvalue weighted by Crippen LogP contribution is -2.42. The number of amides is 1. The van der Waals surface area contributed by atoms with E-state index in [1.165, 1.54) is 0 Å². The van der Waals surface area contributed by atoms with E-state index in [0.717, 1.165) is 35.2 Å². The number of likely N-dealkylation sites (tertiary alicyclic amines) is 1. The summed E-state index contributed by atoms with van der Waals surface area (Å²) in [4.78, 5) is 47.4. The zero-order chi connectivity index (χ0) is 26.0. The molecular weight excluding hydrogens is 458 g/mol. The number of hydrogen-bond donors (Lipinski definition) is 1. The first-order valence-electron chi connectivity index (χ1n) is 12.4. The Hall–Kier alpha value is -3.68. The molecule has 2 aromatic heterocycles. The van der Waals surface area contributed by atoms with Crippen molar-refractivity contribution in [2.75, 3.05) is 19.7 Å². The van der Waals surface area contributed by atoms with Crippen molar-refractivity contribution in [1.29, 1.82) is 0 Å². The lowest BCUT2D eigenvalue weighted by Gasteiger charge is -2.34. The van der Waals surface area contributed by atoms with Crippen LogP contribution in [0.2, 0.25) is 0 Å². The molecule has 190 valence electrons. The fourth-order valence-corrected chi connectivity index (χ4v) is 4.63. The van der Waals surface area contributed by atoms with E-state index in [-0.39, 0.29) is 24.2 Å². The van der Waals surface area contributed by atoms with Crippen LogP contribution in [0, 0.1) is 6.92 Å². The summed E-state index contributed by atoms with van der Waals surface area (Å²) < 4.78 is 10.7. The number of esters is 1. The number of hydrogen-bond acceptors (Lipinski definition) is 6. The normalized spacial score (nSPS) is 16.1. The summed E-state index contributed by atoms with van der Waals surface area (Å²) in [5.74, 6) is -0.700. The number of aromatic amines is 1. The van der Waals surface area contributed by atoms with E-state index >= 15 is 0 Å². The first-order valence-corrected chi connectivity index (χ1v) is 12.4. The van der Waals surface area contributed by atoms with Crippen molar-refractivity contribution in [1.82, 2.24) is 14.9 Å². The van der Waals surface area contributed by atoms with E-state index in [2.05, 4.69) is 4.98 Å². The number of nitrogens with one attached hydrogen (secondary N) is 1. The van der Waals surface area contributed by atoms with Gasteiger partial charge in [-0.3, -0.25) is 4.79 Å². The van der Waals surface area contributed by atoms with Crippen LogP contribution >= 0.6 is 0 Å². The molecule has 8 nitrogen and oxygen atoms in total. The minimum Gasteiger partial charge on any atom is -0.462 e. The molecule has 3 aromatic rings. The molecule has 1 amide bonds. The largest absolute Gasteiger partial charge is 0.462 e. The lowest BCUT2D eigenvalue weighted by molar-refractivity contribution is 0.0198. The number of benzene rings is 1. The molecule has 3 heterocycles. The van der Waals surface area contributed by atoms with Gasteiger partial charge in [-0.1, -0.05) is 24.3 Å². The monoisotopic (exact) mass is 491 g/mol. The average Bonchev–Trinajstić information content (AvgIpc) is 2.82.